The van der Waals surface area contributed by atoms with Gasteiger partial charge in [-0.1, -0.05) is 19.3 Å². The van der Waals surface area contributed by atoms with Crippen LogP contribution in [0, 0.1) is 5.92 Å². The van der Waals surface area contributed by atoms with E-state index in [9.17, 15) is 0 Å². The number of hydrogen-bond donors (Lipinski definition) is 1. The maximum atomic E-state index is 5.34. The molecule has 1 saturated heterocycles. The van der Waals surface area contributed by atoms with Gasteiger partial charge in [0.1, 0.15) is 0 Å². The average molecular weight is 183 g/mol. The van der Waals surface area contributed by atoms with Gasteiger partial charge in [-0.05, 0) is 25.7 Å². The molecule has 0 bridgehead atoms. The Balaban J connectivity index is 1.61. The monoisotopic (exact) mass is 183 g/mol. The van der Waals surface area contributed by atoms with E-state index in [4.69, 9.17) is 4.74 Å². The third kappa shape index (κ3) is 2.68. The largest absolute Gasteiger partial charge is 0.380 e. The first-order valence-electron chi connectivity index (χ1n) is 5.68. The number of rotatable bonds is 4. The van der Waals surface area contributed by atoms with Crippen LogP contribution in [0.15, 0.2) is 0 Å². The number of hydrogen-bond acceptors (Lipinski definition) is 2. The van der Waals surface area contributed by atoms with Crippen molar-refractivity contribution in [3.8, 4) is 0 Å². The van der Waals surface area contributed by atoms with Gasteiger partial charge in [-0.15, -0.1) is 0 Å². The average Bonchev–Trinajstić information content (AvgIpc) is 2.49. The third-order valence-corrected chi connectivity index (χ3v) is 3.36. The molecule has 1 saturated carbocycles. The summed E-state index contributed by atoms with van der Waals surface area (Å²) in [6.07, 6.45) is 6.97. The lowest BCUT2D eigenvalue weighted by Crippen LogP contribution is -2.38. The summed E-state index contributed by atoms with van der Waals surface area (Å²) in [5.41, 5.74) is 0. The minimum Gasteiger partial charge on any atom is -0.380 e. The fraction of sp³-hybridized carbons (Fsp3) is 1.00. The highest BCUT2D eigenvalue weighted by Gasteiger charge is 2.22. The Morgan fingerprint density at radius 3 is 2.77 bits per heavy atom. The molecule has 0 aromatic carbocycles. The van der Waals surface area contributed by atoms with E-state index < -0.39 is 0 Å². The molecule has 2 atom stereocenters. The van der Waals surface area contributed by atoms with Gasteiger partial charge in [-0.3, -0.25) is 0 Å². The molecule has 2 heteroatoms. The van der Waals surface area contributed by atoms with Gasteiger partial charge in [0.25, 0.3) is 0 Å². The van der Waals surface area contributed by atoms with Crippen LogP contribution in [0.5, 0.6) is 0 Å². The fourth-order valence-electron chi connectivity index (χ4n) is 2.36. The first kappa shape index (κ1) is 9.47. The molecule has 1 heterocycles. The summed E-state index contributed by atoms with van der Waals surface area (Å²) in [5, 5.41) is 3.65. The standard InChI is InChI=1S/C11H21NO/c1-9(7-10-3-2-4-10)12-11-5-6-13-8-11/h9-12H,2-8H2,1H3. The minimum atomic E-state index is 0.634. The number of nitrogens with one attached hydrogen (secondary N) is 1. The normalized spacial score (nSPS) is 31.6. The van der Waals surface area contributed by atoms with Gasteiger partial charge in [0.15, 0.2) is 0 Å². The van der Waals surface area contributed by atoms with Crippen LogP contribution in [0.2, 0.25) is 0 Å². The molecule has 0 aromatic heterocycles. The predicted molar refractivity (Wildman–Crippen MR) is 53.8 cm³/mol. The molecule has 2 aliphatic rings. The van der Waals surface area contributed by atoms with E-state index in [0.29, 0.717) is 12.1 Å². The van der Waals surface area contributed by atoms with Crippen molar-refractivity contribution in [2.24, 2.45) is 5.92 Å². The van der Waals surface area contributed by atoms with E-state index >= 15 is 0 Å². The molecule has 2 nitrogen and oxygen atoms in total. The van der Waals surface area contributed by atoms with Crippen molar-refractivity contribution < 1.29 is 4.74 Å². The quantitative estimate of drug-likeness (QED) is 0.719. The zero-order valence-corrected chi connectivity index (χ0v) is 8.59. The van der Waals surface area contributed by atoms with Gasteiger partial charge in [0.05, 0.1) is 6.61 Å². The molecule has 13 heavy (non-hydrogen) atoms. The van der Waals surface area contributed by atoms with E-state index in [2.05, 4.69) is 12.2 Å². The molecule has 1 aliphatic heterocycles. The summed E-state index contributed by atoms with van der Waals surface area (Å²) in [6.45, 7) is 4.19. The molecule has 2 rings (SSSR count). The highest BCUT2D eigenvalue weighted by Crippen LogP contribution is 2.30. The van der Waals surface area contributed by atoms with Crippen molar-refractivity contribution in [1.82, 2.24) is 5.32 Å². The maximum absolute atomic E-state index is 5.34. The zero-order chi connectivity index (χ0) is 9.10. The Hall–Kier alpha value is -0.0800. The van der Waals surface area contributed by atoms with Crippen LogP contribution >= 0.6 is 0 Å². The zero-order valence-electron chi connectivity index (χ0n) is 8.59. The second kappa shape index (κ2) is 4.43. The molecule has 1 N–H and O–H groups in total. The Bertz CT molecular complexity index is 150. The Kier molecular flexibility index (Phi) is 3.23. The van der Waals surface area contributed by atoms with Gasteiger partial charge >= 0.3 is 0 Å². The van der Waals surface area contributed by atoms with Crippen LogP contribution < -0.4 is 5.32 Å². The van der Waals surface area contributed by atoms with Crippen LogP contribution in [-0.2, 0) is 4.74 Å². The van der Waals surface area contributed by atoms with Crippen LogP contribution in [0.1, 0.15) is 39.0 Å². The second-order valence-electron chi connectivity index (χ2n) is 4.66. The smallest absolute Gasteiger partial charge is 0.0620 e. The number of ether oxygens (including phenoxy) is 1. The molecule has 1 aliphatic carbocycles. The topological polar surface area (TPSA) is 21.3 Å². The van der Waals surface area contributed by atoms with Crippen molar-refractivity contribution in [2.75, 3.05) is 13.2 Å². The van der Waals surface area contributed by atoms with E-state index in [1.165, 1.54) is 32.1 Å². The van der Waals surface area contributed by atoms with Gasteiger partial charge in [0, 0.05) is 18.7 Å². The van der Waals surface area contributed by atoms with Crippen molar-refractivity contribution in [2.45, 2.75) is 51.1 Å². The molecule has 2 fully saturated rings. The van der Waals surface area contributed by atoms with E-state index in [-0.39, 0.29) is 0 Å². The first-order chi connectivity index (χ1) is 6.34. The molecule has 0 radical (unpaired) electrons. The van der Waals surface area contributed by atoms with Crippen LogP contribution in [-0.4, -0.2) is 25.3 Å². The Morgan fingerprint density at radius 2 is 2.23 bits per heavy atom. The summed E-state index contributed by atoms with van der Waals surface area (Å²) < 4.78 is 5.34. The molecule has 0 spiro atoms. The van der Waals surface area contributed by atoms with Gasteiger partial charge in [-0.25, -0.2) is 0 Å². The summed E-state index contributed by atoms with van der Waals surface area (Å²) in [7, 11) is 0. The lowest BCUT2D eigenvalue weighted by Gasteiger charge is -2.29. The van der Waals surface area contributed by atoms with Crippen molar-refractivity contribution in [3.05, 3.63) is 0 Å². The second-order valence-corrected chi connectivity index (χ2v) is 4.66. The Labute approximate surface area is 81.0 Å². The van der Waals surface area contributed by atoms with Crippen molar-refractivity contribution >= 4 is 0 Å². The van der Waals surface area contributed by atoms with Crippen molar-refractivity contribution in [3.63, 3.8) is 0 Å². The maximum Gasteiger partial charge on any atom is 0.0620 e. The molecule has 0 amide bonds. The van der Waals surface area contributed by atoms with Crippen molar-refractivity contribution in [1.29, 1.82) is 0 Å². The van der Waals surface area contributed by atoms with Crippen LogP contribution in [0.4, 0.5) is 0 Å². The molecule has 2 unspecified atom stereocenters. The Morgan fingerprint density at radius 1 is 1.38 bits per heavy atom. The van der Waals surface area contributed by atoms with E-state index in [0.717, 1.165) is 19.1 Å². The lowest BCUT2D eigenvalue weighted by molar-refractivity contribution is 0.185. The first-order valence-corrected chi connectivity index (χ1v) is 5.68. The fourth-order valence-corrected chi connectivity index (χ4v) is 2.36. The molecule has 76 valence electrons. The van der Waals surface area contributed by atoms with E-state index in [1.54, 1.807) is 0 Å². The third-order valence-electron chi connectivity index (χ3n) is 3.36. The van der Waals surface area contributed by atoms with Gasteiger partial charge in [0.2, 0.25) is 0 Å². The summed E-state index contributed by atoms with van der Waals surface area (Å²) in [4.78, 5) is 0. The van der Waals surface area contributed by atoms with Crippen LogP contribution in [0.3, 0.4) is 0 Å². The van der Waals surface area contributed by atoms with Gasteiger partial charge in [-0.2, -0.15) is 0 Å². The highest BCUT2D eigenvalue weighted by atomic mass is 16.5. The van der Waals surface area contributed by atoms with Gasteiger partial charge < -0.3 is 10.1 Å². The minimum absolute atomic E-state index is 0.634. The van der Waals surface area contributed by atoms with E-state index in [1.807, 2.05) is 0 Å². The summed E-state index contributed by atoms with van der Waals surface area (Å²) in [6, 6.07) is 1.33. The lowest BCUT2D eigenvalue weighted by atomic mass is 9.81. The SMILES string of the molecule is CC(CC1CCC1)NC1CCOC1. The molecular weight excluding hydrogens is 162 g/mol. The molecule has 0 aromatic rings. The highest BCUT2D eigenvalue weighted by molar-refractivity contribution is 4.79. The molecular formula is C11H21NO. The summed E-state index contributed by atoms with van der Waals surface area (Å²) >= 11 is 0. The predicted octanol–water partition coefficient (Wildman–Crippen LogP) is 1.94. The summed E-state index contributed by atoms with van der Waals surface area (Å²) in [5.74, 6) is 1.02. The van der Waals surface area contributed by atoms with Crippen LogP contribution in [0.25, 0.3) is 0 Å².